The highest BCUT2D eigenvalue weighted by Gasteiger charge is 2.50. The van der Waals surface area contributed by atoms with Crippen LogP contribution in [0, 0.1) is 0 Å². The zero-order chi connectivity index (χ0) is 18.4. The fraction of sp³-hybridized carbons (Fsp3) is 0.526. The summed E-state index contributed by atoms with van der Waals surface area (Å²) in [4.78, 5) is 38.4. The quantitative estimate of drug-likeness (QED) is 0.711. The zero-order valence-corrected chi connectivity index (χ0v) is 15.2. The second-order valence-corrected chi connectivity index (χ2v) is 6.51. The Morgan fingerprint density at radius 3 is 2.44 bits per heavy atom. The summed E-state index contributed by atoms with van der Waals surface area (Å²) in [5.41, 5.74) is 0.922. The van der Waals surface area contributed by atoms with E-state index < -0.39 is 11.6 Å². The lowest BCUT2D eigenvalue weighted by atomic mass is 9.88. The van der Waals surface area contributed by atoms with Gasteiger partial charge in [-0.25, -0.2) is 4.79 Å². The first-order chi connectivity index (χ1) is 12.0. The molecule has 1 aliphatic heterocycles. The topological polar surface area (TPSA) is 78.5 Å². The van der Waals surface area contributed by atoms with Crippen molar-refractivity contribution in [1.82, 2.24) is 10.2 Å². The minimum absolute atomic E-state index is 0.268. The lowest BCUT2D eigenvalue weighted by Crippen LogP contribution is -2.47. The van der Waals surface area contributed by atoms with Gasteiger partial charge in [0, 0.05) is 5.69 Å². The monoisotopic (exact) mass is 345 g/mol. The van der Waals surface area contributed by atoms with Crippen molar-refractivity contribution in [3.8, 4) is 0 Å². The molecule has 0 atom stereocenters. The number of benzene rings is 1. The van der Waals surface area contributed by atoms with Gasteiger partial charge in [0.2, 0.25) is 5.91 Å². The van der Waals surface area contributed by atoms with Gasteiger partial charge in [-0.15, -0.1) is 0 Å². The Hall–Kier alpha value is -2.37. The molecule has 1 saturated heterocycles. The van der Waals surface area contributed by atoms with E-state index in [-0.39, 0.29) is 18.4 Å². The van der Waals surface area contributed by atoms with Crippen molar-refractivity contribution in [3.63, 3.8) is 0 Å². The molecule has 1 aromatic carbocycles. The number of imide groups is 1. The van der Waals surface area contributed by atoms with Crippen molar-refractivity contribution in [2.24, 2.45) is 0 Å². The number of carbonyl (C=O) groups excluding carboxylic acids is 3. The van der Waals surface area contributed by atoms with Crippen LogP contribution in [0.25, 0.3) is 0 Å². The number of anilines is 1. The Labute approximate surface area is 149 Å². The van der Waals surface area contributed by atoms with Crippen LogP contribution in [0.3, 0.4) is 0 Å². The van der Waals surface area contributed by atoms with Gasteiger partial charge in [0.1, 0.15) is 12.1 Å². The highest BCUT2D eigenvalue weighted by molar-refractivity contribution is 6.10. The van der Waals surface area contributed by atoms with E-state index in [4.69, 9.17) is 0 Å². The average molecular weight is 345 g/mol. The van der Waals surface area contributed by atoms with E-state index in [1.54, 1.807) is 6.07 Å². The predicted molar refractivity (Wildman–Crippen MR) is 97.2 cm³/mol. The van der Waals surface area contributed by atoms with Crippen LogP contribution in [0.4, 0.5) is 10.5 Å². The van der Waals surface area contributed by atoms with Crippen LogP contribution in [0.2, 0.25) is 0 Å². The number of urea groups is 1. The minimum Gasteiger partial charge on any atom is -0.325 e. The lowest BCUT2D eigenvalue weighted by Gasteiger charge is -2.25. The van der Waals surface area contributed by atoms with Crippen LogP contribution in [0.1, 0.15) is 52.0 Å². The van der Waals surface area contributed by atoms with Crippen LogP contribution in [-0.2, 0) is 16.0 Å². The van der Waals surface area contributed by atoms with Crippen LogP contribution < -0.4 is 10.6 Å². The normalized spacial score (nSPS) is 16.0. The molecule has 1 heterocycles. The molecule has 0 radical (unpaired) electrons. The maximum absolute atomic E-state index is 12.8. The summed E-state index contributed by atoms with van der Waals surface area (Å²) in [5, 5.41) is 5.58. The highest BCUT2D eigenvalue weighted by Crippen LogP contribution is 2.28. The molecule has 2 rings (SSSR count). The number of nitrogens with zero attached hydrogens (tertiary/aromatic N) is 1. The molecule has 6 nitrogen and oxygen atoms in total. The molecule has 4 amide bonds. The Balaban J connectivity index is 2.07. The fourth-order valence-electron chi connectivity index (χ4n) is 3.35. The van der Waals surface area contributed by atoms with Gasteiger partial charge in [0.25, 0.3) is 5.91 Å². The van der Waals surface area contributed by atoms with E-state index in [1.165, 1.54) is 0 Å². The van der Waals surface area contributed by atoms with Gasteiger partial charge in [0.05, 0.1) is 0 Å². The summed E-state index contributed by atoms with van der Waals surface area (Å²) < 4.78 is 0. The Morgan fingerprint density at radius 2 is 1.84 bits per heavy atom. The van der Waals surface area contributed by atoms with Crippen LogP contribution in [-0.4, -0.2) is 34.8 Å². The molecular weight excluding hydrogens is 318 g/mol. The molecule has 1 aliphatic rings. The third-order valence-corrected chi connectivity index (χ3v) is 4.52. The molecule has 0 unspecified atom stereocenters. The van der Waals surface area contributed by atoms with Crippen molar-refractivity contribution in [1.29, 1.82) is 0 Å². The molecule has 2 N–H and O–H groups in total. The molecule has 0 bridgehead atoms. The third kappa shape index (κ3) is 4.18. The Bertz CT molecular complexity index is 651. The molecule has 1 fully saturated rings. The van der Waals surface area contributed by atoms with Crippen LogP contribution in [0.5, 0.6) is 0 Å². The largest absolute Gasteiger partial charge is 0.325 e. The molecular formula is C19H27N3O3. The second-order valence-electron chi connectivity index (χ2n) is 6.51. The van der Waals surface area contributed by atoms with Gasteiger partial charge in [-0.2, -0.15) is 0 Å². The standard InChI is InChI=1S/C19H27N3O3/c1-4-10-19(11-5-2)17(24)22(18(25)21-19)13-16(23)20-15-9-7-8-14(6-3)12-15/h7-9,12H,4-6,10-11,13H2,1-3H3,(H,20,23)(H,21,25). The maximum Gasteiger partial charge on any atom is 0.325 e. The molecule has 0 aromatic heterocycles. The SMILES string of the molecule is CCCC1(CCC)NC(=O)N(CC(=O)Nc2cccc(CC)c2)C1=O. The fourth-order valence-corrected chi connectivity index (χ4v) is 3.35. The molecule has 1 aromatic rings. The molecule has 25 heavy (non-hydrogen) atoms. The molecule has 0 aliphatic carbocycles. The Morgan fingerprint density at radius 1 is 1.16 bits per heavy atom. The van der Waals surface area contributed by atoms with E-state index >= 15 is 0 Å². The summed E-state index contributed by atoms with van der Waals surface area (Å²) >= 11 is 0. The van der Waals surface area contributed by atoms with Crippen LogP contribution >= 0.6 is 0 Å². The highest BCUT2D eigenvalue weighted by atomic mass is 16.2. The van der Waals surface area contributed by atoms with Crippen LogP contribution in [0.15, 0.2) is 24.3 Å². The second kappa shape index (κ2) is 8.14. The first-order valence-corrected chi connectivity index (χ1v) is 8.98. The van der Waals surface area contributed by atoms with E-state index in [9.17, 15) is 14.4 Å². The van der Waals surface area contributed by atoms with Gasteiger partial charge >= 0.3 is 6.03 Å². The van der Waals surface area contributed by atoms with Gasteiger partial charge < -0.3 is 10.6 Å². The smallest absolute Gasteiger partial charge is 0.325 e. The van der Waals surface area contributed by atoms with E-state index in [2.05, 4.69) is 10.6 Å². The molecule has 136 valence electrons. The van der Waals surface area contributed by atoms with E-state index in [0.29, 0.717) is 18.5 Å². The number of rotatable bonds is 8. The zero-order valence-electron chi connectivity index (χ0n) is 15.2. The molecule has 0 saturated carbocycles. The van der Waals surface area contributed by atoms with E-state index in [1.807, 2.05) is 39.0 Å². The minimum atomic E-state index is -0.858. The van der Waals surface area contributed by atoms with Crippen molar-refractivity contribution >= 4 is 23.5 Å². The third-order valence-electron chi connectivity index (χ3n) is 4.52. The van der Waals surface area contributed by atoms with Gasteiger partial charge in [0.15, 0.2) is 0 Å². The maximum atomic E-state index is 12.8. The number of nitrogens with one attached hydrogen (secondary N) is 2. The average Bonchev–Trinajstić information content (AvgIpc) is 2.80. The van der Waals surface area contributed by atoms with E-state index in [0.717, 1.165) is 29.7 Å². The summed E-state index contributed by atoms with van der Waals surface area (Å²) in [6.07, 6.45) is 3.61. The summed E-state index contributed by atoms with van der Waals surface area (Å²) in [7, 11) is 0. The number of aryl methyl sites for hydroxylation is 1. The van der Waals surface area contributed by atoms with Crippen molar-refractivity contribution in [3.05, 3.63) is 29.8 Å². The van der Waals surface area contributed by atoms with Crippen molar-refractivity contribution < 1.29 is 14.4 Å². The van der Waals surface area contributed by atoms with Gasteiger partial charge in [-0.3, -0.25) is 14.5 Å². The predicted octanol–water partition coefficient (Wildman–Crippen LogP) is 3.08. The van der Waals surface area contributed by atoms with Gasteiger partial charge in [-0.05, 0) is 37.0 Å². The van der Waals surface area contributed by atoms with Gasteiger partial charge in [-0.1, -0.05) is 45.7 Å². The lowest BCUT2D eigenvalue weighted by molar-refractivity contribution is -0.134. The molecule has 6 heteroatoms. The summed E-state index contributed by atoms with van der Waals surface area (Å²) in [5.74, 6) is -0.667. The number of hydrogen-bond donors (Lipinski definition) is 2. The number of amides is 4. The number of carbonyl (C=O) groups is 3. The summed E-state index contributed by atoms with van der Waals surface area (Å²) in [6, 6.07) is 7.06. The van der Waals surface area contributed by atoms with Crippen molar-refractivity contribution in [2.45, 2.75) is 58.4 Å². The first-order valence-electron chi connectivity index (χ1n) is 8.98. The Kier molecular flexibility index (Phi) is 6.17. The van der Waals surface area contributed by atoms with Crippen molar-refractivity contribution in [2.75, 3.05) is 11.9 Å². The first kappa shape index (κ1) is 19.0. The number of hydrogen-bond acceptors (Lipinski definition) is 3. The summed E-state index contributed by atoms with van der Waals surface area (Å²) in [6.45, 7) is 5.73. The molecule has 0 spiro atoms.